The van der Waals surface area contributed by atoms with Crippen molar-refractivity contribution < 1.29 is 4.42 Å². The summed E-state index contributed by atoms with van der Waals surface area (Å²) >= 11 is 2.19. The lowest BCUT2D eigenvalue weighted by atomic mass is 10.3. The molecule has 3 aromatic rings. The van der Waals surface area contributed by atoms with Crippen LogP contribution in [0.5, 0.6) is 0 Å². The number of fused-ring (bicyclic) bond motifs is 1. The van der Waals surface area contributed by atoms with Gasteiger partial charge in [0.2, 0.25) is 0 Å². The zero-order valence-corrected chi connectivity index (χ0v) is 9.75. The molecular weight excluding hydrogens is 305 g/mol. The largest absolute Gasteiger partial charge is 0.422 e. The van der Waals surface area contributed by atoms with Crippen LogP contribution in [0.1, 0.15) is 0 Å². The van der Waals surface area contributed by atoms with Gasteiger partial charge in [0, 0.05) is 6.20 Å². The van der Waals surface area contributed by atoms with Gasteiger partial charge in [0.1, 0.15) is 5.52 Å². The van der Waals surface area contributed by atoms with E-state index in [-0.39, 0.29) is 0 Å². The number of aromatic nitrogens is 3. The molecular formula is C10H6IN3O. The van der Waals surface area contributed by atoms with Gasteiger partial charge in [-0.2, -0.15) is 14.8 Å². The van der Waals surface area contributed by atoms with Crippen molar-refractivity contribution in [1.29, 1.82) is 0 Å². The molecule has 5 heteroatoms. The molecule has 15 heavy (non-hydrogen) atoms. The van der Waals surface area contributed by atoms with Gasteiger partial charge in [0.15, 0.2) is 5.58 Å². The average Bonchev–Trinajstić information content (AvgIpc) is 2.82. The van der Waals surface area contributed by atoms with E-state index >= 15 is 0 Å². The predicted molar refractivity (Wildman–Crippen MR) is 63.8 cm³/mol. The van der Waals surface area contributed by atoms with Gasteiger partial charge >= 0.3 is 6.01 Å². The van der Waals surface area contributed by atoms with E-state index in [0.29, 0.717) is 6.01 Å². The van der Waals surface area contributed by atoms with E-state index in [9.17, 15) is 0 Å². The third-order valence-corrected chi connectivity index (χ3v) is 2.59. The Morgan fingerprint density at radius 1 is 1.27 bits per heavy atom. The molecule has 0 unspecified atom stereocenters. The predicted octanol–water partition coefficient (Wildman–Crippen LogP) is 2.62. The van der Waals surface area contributed by atoms with Crippen molar-refractivity contribution in [1.82, 2.24) is 14.8 Å². The molecule has 0 atom stereocenters. The van der Waals surface area contributed by atoms with Crippen molar-refractivity contribution in [3.63, 3.8) is 0 Å². The monoisotopic (exact) mass is 311 g/mol. The van der Waals surface area contributed by atoms with E-state index < -0.39 is 0 Å². The van der Waals surface area contributed by atoms with Gasteiger partial charge in [-0.3, -0.25) is 0 Å². The third-order valence-electron chi connectivity index (χ3n) is 2.03. The Morgan fingerprint density at radius 3 is 2.87 bits per heavy atom. The Labute approximate surface area is 99.1 Å². The van der Waals surface area contributed by atoms with Crippen LogP contribution in [0.2, 0.25) is 0 Å². The van der Waals surface area contributed by atoms with Crippen molar-refractivity contribution in [2.75, 3.05) is 0 Å². The number of hydrogen-bond acceptors (Lipinski definition) is 3. The topological polar surface area (TPSA) is 43.9 Å². The van der Waals surface area contributed by atoms with E-state index in [1.807, 2.05) is 30.5 Å². The fraction of sp³-hybridized carbons (Fsp3) is 0. The number of para-hydroxylation sites is 2. The second-order valence-corrected chi connectivity index (χ2v) is 4.31. The first kappa shape index (κ1) is 8.90. The quantitative estimate of drug-likeness (QED) is 0.649. The molecule has 2 heterocycles. The zero-order chi connectivity index (χ0) is 10.3. The standard InChI is InChI=1S/C10H6IN3O/c11-7-5-12-14(6-7)10-13-8-3-1-2-4-9(8)15-10/h1-6H. The average molecular weight is 311 g/mol. The number of nitrogens with zero attached hydrogens (tertiary/aromatic N) is 3. The highest BCUT2D eigenvalue weighted by Gasteiger charge is 2.07. The van der Waals surface area contributed by atoms with Gasteiger partial charge in [-0.1, -0.05) is 12.1 Å². The van der Waals surface area contributed by atoms with Crippen LogP contribution in [0, 0.1) is 3.57 Å². The van der Waals surface area contributed by atoms with E-state index in [1.165, 1.54) is 0 Å². The molecule has 0 saturated carbocycles. The van der Waals surface area contributed by atoms with Crippen LogP contribution in [0.15, 0.2) is 41.1 Å². The lowest BCUT2D eigenvalue weighted by molar-refractivity contribution is 0.543. The summed E-state index contributed by atoms with van der Waals surface area (Å²) in [7, 11) is 0. The molecule has 0 saturated heterocycles. The molecule has 0 radical (unpaired) electrons. The molecule has 0 aliphatic carbocycles. The number of oxazole rings is 1. The Bertz CT molecular complexity index is 581. The summed E-state index contributed by atoms with van der Waals surface area (Å²) < 4.78 is 8.23. The second kappa shape index (κ2) is 3.34. The van der Waals surface area contributed by atoms with Crippen molar-refractivity contribution in [2.24, 2.45) is 0 Å². The highest BCUT2D eigenvalue weighted by Crippen LogP contribution is 2.17. The third kappa shape index (κ3) is 1.52. The Balaban J connectivity index is 2.19. The smallest absolute Gasteiger partial charge is 0.323 e. The normalized spacial score (nSPS) is 11.0. The number of halogens is 1. The van der Waals surface area contributed by atoms with Gasteiger partial charge in [-0.25, -0.2) is 0 Å². The molecule has 0 fully saturated rings. The van der Waals surface area contributed by atoms with E-state index in [0.717, 1.165) is 14.7 Å². The van der Waals surface area contributed by atoms with E-state index in [4.69, 9.17) is 4.42 Å². The van der Waals surface area contributed by atoms with Crippen molar-refractivity contribution in [2.45, 2.75) is 0 Å². The highest BCUT2D eigenvalue weighted by molar-refractivity contribution is 14.1. The molecule has 3 rings (SSSR count). The lowest BCUT2D eigenvalue weighted by Crippen LogP contribution is -1.93. The van der Waals surface area contributed by atoms with E-state index in [1.54, 1.807) is 10.9 Å². The van der Waals surface area contributed by atoms with Crippen LogP contribution in [0.3, 0.4) is 0 Å². The Kier molecular flexibility index (Phi) is 1.98. The first-order valence-electron chi connectivity index (χ1n) is 4.39. The molecule has 2 aromatic heterocycles. The Morgan fingerprint density at radius 2 is 2.13 bits per heavy atom. The first-order chi connectivity index (χ1) is 7.33. The number of benzene rings is 1. The summed E-state index contributed by atoms with van der Waals surface area (Å²) in [5, 5.41) is 4.13. The number of hydrogen-bond donors (Lipinski definition) is 0. The van der Waals surface area contributed by atoms with Crippen LogP contribution in [0.4, 0.5) is 0 Å². The van der Waals surface area contributed by atoms with Gasteiger partial charge in [0.05, 0.1) is 9.77 Å². The molecule has 4 nitrogen and oxygen atoms in total. The minimum atomic E-state index is 0.499. The molecule has 0 aliphatic heterocycles. The van der Waals surface area contributed by atoms with Crippen molar-refractivity contribution >= 4 is 33.7 Å². The Hall–Kier alpha value is -1.37. The van der Waals surface area contributed by atoms with Gasteiger partial charge in [-0.05, 0) is 34.7 Å². The summed E-state index contributed by atoms with van der Waals surface area (Å²) in [5.41, 5.74) is 1.62. The van der Waals surface area contributed by atoms with Crippen LogP contribution < -0.4 is 0 Å². The second-order valence-electron chi connectivity index (χ2n) is 3.07. The maximum absolute atomic E-state index is 5.55. The van der Waals surface area contributed by atoms with Crippen LogP contribution >= 0.6 is 22.6 Å². The molecule has 0 aliphatic rings. The summed E-state index contributed by atoms with van der Waals surface area (Å²) in [4.78, 5) is 4.33. The van der Waals surface area contributed by atoms with Crippen LogP contribution in [-0.4, -0.2) is 14.8 Å². The van der Waals surface area contributed by atoms with Gasteiger partial charge < -0.3 is 4.42 Å². The SMILES string of the molecule is Ic1cnn(-c2nc3ccccc3o2)c1. The van der Waals surface area contributed by atoms with Crippen LogP contribution in [-0.2, 0) is 0 Å². The fourth-order valence-corrected chi connectivity index (χ4v) is 1.75. The lowest BCUT2D eigenvalue weighted by Gasteiger charge is -1.89. The maximum Gasteiger partial charge on any atom is 0.323 e. The molecule has 1 aromatic carbocycles. The summed E-state index contributed by atoms with van der Waals surface area (Å²) in [6, 6.07) is 8.15. The molecule has 0 N–H and O–H groups in total. The van der Waals surface area contributed by atoms with Gasteiger partial charge in [-0.15, -0.1) is 0 Å². The summed E-state index contributed by atoms with van der Waals surface area (Å²) in [6.07, 6.45) is 3.63. The molecule has 0 spiro atoms. The number of rotatable bonds is 1. The summed E-state index contributed by atoms with van der Waals surface area (Å²) in [5.74, 6) is 0. The zero-order valence-electron chi connectivity index (χ0n) is 7.59. The van der Waals surface area contributed by atoms with Crippen LogP contribution in [0.25, 0.3) is 17.1 Å². The van der Waals surface area contributed by atoms with Gasteiger partial charge in [0.25, 0.3) is 0 Å². The van der Waals surface area contributed by atoms with E-state index in [2.05, 4.69) is 32.7 Å². The molecule has 0 bridgehead atoms. The molecule has 74 valence electrons. The minimum absolute atomic E-state index is 0.499. The molecule has 0 amide bonds. The minimum Gasteiger partial charge on any atom is -0.422 e. The van der Waals surface area contributed by atoms with Crippen molar-refractivity contribution in [3.05, 3.63) is 40.2 Å². The fourth-order valence-electron chi connectivity index (χ4n) is 1.36. The van der Waals surface area contributed by atoms with Crippen molar-refractivity contribution in [3.8, 4) is 6.01 Å². The highest BCUT2D eigenvalue weighted by atomic mass is 127. The first-order valence-corrected chi connectivity index (χ1v) is 5.47. The summed E-state index contributed by atoms with van der Waals surface area (Å²) in [6.45, 7) is 0. The maximum atomic E-state index is 5.55.